The van der Waals surface area contributed by atoms with Gasteiger partial charge in [-0.1, -0.05) is 12.1 Å². The lowest BCUT2D eigenvalue weighted by Gasteiger charge is -2.16. The lowest BCUT2D eigenvalue weighted by atomic mass is 10.1. The molecule has 28 heavy (non-hydrogen) atoms. The van der Waals surface area contributed by atoms with E-state index in [0.717, 1.165) is 30.0 Å². The van der Waals surface area contributed by atoms with Crippen molar-refractivity contribution in [3.63, 3.8) is 0 Å². The van der Waals surface area contributed by atoms with E-state index in [1.54, 1.807) is 12.4 Å². The first kappa shape index (κ1) is 20.1. The molecule has 1 fully saturated rings. The van der Waals surface area contributed by atoms with Crippen molar-refractivity contribution in [2.75, 3.05) is 19.7 Å². The van der Waals surface area contributed by atoms with E-state index >= 15 is 0 Å². The van der Waals surface area contributed by atoms with Crippen LogP contribution in [-0.2, 0) is 6.54 Å². The Balaban J connectivity index is 1.61. The molecule has 0 aliphatic heterocycles. The van der Waals surface area contributed by atoms with Gasteiger partial charge < -0.3 is 20.5 Å². The fraction of sp³-hybridized carbons (Fsp3) is 0.455. The zero-order valence-electron chi connectivity index (χ0n) is 16.7. The Morgan fingerprint density at radius 2 is 2.04 bits per heavy atom. The van der Waals surface area contributed by atoms with E-state index in [0.29, 0.717) is 25.0 Å². The molecular weight excluding hydrogens is 352 g/mol. The fourth-order valence-corrected chi connectivity index (χ4v) is 2.82. The minimum Gasteiger partial charge on any atom is -0.493 e. The number of benzene rings is 1. The summed E-state index contributed by atoms with van der Waals surface area (Å²) >= 11 is 0. The van der Waals surface area contributed by atoms with Crippen LogP contribution in [0.5, 0.6) is 5.75 Å². The Bertz CT molecular complexity index is 775. The number of aryl methyl sites for hydroxylation is 1. The van der Waals surface area contributed by atoms with Crippen molar-refractivity contribution < 1.29 is 9.84 Å². The van der Waals surface area contributed by atoms with Crippen LogP contribution in [0.2, 0.25) is 0 Å². The molecule has 3 rings (SSSR count). The first-order chi connectivity index (χ1) is 13.7. The summed E-state index contributed by atoms with van der Waals surface area (Å²) in [6, 6.07) is 9.87. The number of rotatable bonds is 9. The minimum atomic E-state index is -0.622. The van der Waals surface area contributed by atoms with Crippen molar-refractivity contribution in [2.45, 2.75) is 39.3 Å². The van der Waals surface area contributed by atoms with E-state index < -0.39 is 6.10 Å². The number of aliphatic hydroxyl groups is 1. The molecule has 1 atom stereocenters. The van der Waals surface area contributed by atoms with E-state index in [9.17, 15) is 5.11 Å². The van der Waals surface area contributed by atoms with Crippen molar-refractivity contribution >= 4 is 5.96 Å². The number of aliphatic imine (C=N–C) groups is 1. The maximum Gasteiger partial charge on any atom is 0.191 e. The number of aliphatic hydroxyl groups excluding tert-OH is 1. The summed E-state index contributed by atoms with van der Waals surface area (Å²) in [4.78, 5) is 8.65. The summed E-state index contributed by atoms with van der Waals surface area (Å²) in [5.41, 5.74) is 3.08. The van der Waals surface area contributed by atoms with E-state index in [1.807, 2.05) is 19.1 Å². The molecule has 1 aliphatic rings. The molecule has 0 saturated heterocycles. The van der Waals surface area contributed by atoms with Gasteiger partial charge in [-0.15, -0.1) is 0 Å². The maximum absolute atomic E-state index is 10.3. The lowest BCUT2D eigenvalue weighted by Crippen LogP contribution is -2.39. The van der Waals surface area contributed by atoms with Gasteiger partial charge in [-0.3, -0.25) is 4.98 Å². The third-order valence-electron chi connectivity index (χ3n) is 4.70. The SMILES string of the molecule is CCNC(=NCc1ccc(C)cc1OCC1CC1)NCC(O)c1ccncc1. The molecule has 0 bridgehead atoms. The van der Waals surface area contributed by atoms with E-state index in [1.165, 1.54) is 18.4 Å². The highest BCUT2D eigenvalue weighted by molar-refractivity contribution is 5.79. The predicted octanol–water partition coefficient (Wildman–Crippen LogP) is 2.97. The standard InChI is InChI=1S/C22H30N4O2/c1-3-24-22(26-14-20(27)18-8-10-23-11-9-18)25-13-19-7-4-16(2)12-21(19)28-15-17-5-6-17/h4,7-12,17,20,27H,3,5-6,13-15H2,1-2H3,(H2,24,25,26). The van der Waals surface area contributed by atoms with Gasteiger partial charge in [0.15, 0.2) is 5.96 Å². The molecule has 1 unspecified atom stereocenters. The van der Waals surface area contributed by atoms with Gasteiger partial charge in [0.25, 0.3) is 0 Å². The van der Waals surface area contributed by atoms with Crippen LogP contribution in [0.3, 0.4) is 0 Å². The Kier molecular flexibility index (Phi) is 7.25. The minimum absolute atomic E-state index is 0.370. The quantitative estimate of drug-likeness (QED) is 0.459. The van der Waals surface area contributed by atoms with Crippen LogP contribution in [0, 0.1) is 12.8 Å². The van der Waals surface area contributed by atoms with E-state index in [4.69, 9.17) is 4.74 Å². The molecule has 1 saturated carbocycles. The molecule has 1 aromatic heterocycles. The number of ether oxygens (including phenoxy) is 1. The number of hydrogen-bond donors (Lipinski definition) is 3. The smallest absolute Gasteiger partial charge is 0.191 e. The average Bonchev–Trinajstić information content (AvgIpc) is 3.54. The van der Waals surface area contributed by atoms with Crippen LogP contribution in [0.4, 0.5) is 0 Å². The monoisotopic (exact) mass is 382 g/mol. The van der Waals surface area contributed by atoms with Crippen LogP contribution in [0.15, 0.2) is 47.7 Å². The highest BCUT2D eigenvalue weighted by atomic mass is 16.5. The Morgan fingerprint density at radius 3 is 2.75 bits per heavy atom. The Morgan fingerprint density at radius 1 is 1.25 bits per heavy atom. The fourth-order valence-electron chi connectivity index (χ4n) is 2.82. The molecule has 150 valence electrons. The summed E-state index contributed by atoms with van der Waals surface area (Å²) < 4.78 is 6.03. The first-order valence-electron chi connectivity index (χ1n) is 9.98. The van der Waals surface area contributed by atoms with E-state index in [2.05, 4.69) is 45.7 Å². The molecule has 1 heterocycles. The van der Waals surface area contributed by atoms with Gasteiger partial charge in [-0.05, 0) is 61.9 Å². The van der Waals surface area contributed by atoms with Crippen molar-refractivity contribution in [1.82, 2.24) is 15.6 Å². The molecule has 6 heteroatoms. The molecule has 0 amide bonds. The predicted molar refractivity (Wildman–Crippen MR) is 111 cm³/mol. The largest absolute Gasteiger partial charge is 0.493 e. The number of aromatic nitrogens is 1. The number of nitrogens with zero attached hydrogens (tertiary/aromatic N) is 2. The molecule has 0 spiro atoms. The summed E-state index contributed by atoms with van der Waals surface area (Å²) in [7, 11) is 0. The molecule has 0 radical (unpaired) electrons. The summed E-state index contributed by atoms with van der Waals surface area (Å²) in [6.45, 7) is 6.51. The van der Waals surface area contributed by atoms with Crippen LogP contribution < -0.4 is 15.4 Å². The zero-order valence-corrected chi connectivity index (χ0v) is 16.7. The second-order valence-corrected chi connectivity index (χ2v) is 7.24. The normalized spacial score (nSPS) is 15.2. The van der Waals surface area contributed by atoms with Gasteiger partial charge >= 0.3 is 0 Å². The highest BCUT2D eigenvalue weighted by Crippen LogP contribution is 2.31. The number of hydrogen-bond acceptors (Lipinski definition) is 4. The molecule has 2 aromatic rings. The van der Waals surface area contributed by atoms with Crippen LogP contribution in [0.25, 0.3) is 0 Å². The molecule has 1 aromatic carbocycles. The van der Waals surface area contributed by atoms with Gasteiger partial charge in [0.05, 0.1) is 19.3 Å². The molecular formula is C22H30N4O2. The molecule has 1 aliphatic carbocycles. The van der Waals surface area contributed by atoms with Crippen molar-refractivity contribution in [2.24, 2.45) is 10.9 Å². The highest BCUT2D eigenvalue weighted by Gasteiger charge is 2.22. The van der Waals surface area contributed by atoms with Gasteiger partial charge in [-0.2, -0.15) is 0 Å². The van der Waals surface area contributed by atoms with Gasteiger partial charge in [-0.25, -0.2) is 4.99 Å². The second-order valence-electron chi connectivity index (χ2n) is 7.24. The Hall–Kier alpha value is -2.60. The van der Waals surface area contributed by atoms with E-state index in [-0.39, 0.29) is 0 Å². The second kappa shape index (κ2) is 10.1. The van der Waals surface area contributed by atoms with Gasteiger partial charge in [0.1, 0.15) is 5.75 Å². The number of nitrogens with one attached hydrogen (secondary N) is 2. The van der Waals surface area contributed by atoms with Gasteiger partial charge in [0, 0.05) is 31.0 Å². The van der Waals surface area contributed by atoms with Crippen molar-refractivity contribution in [3.8, 4) is 5.75 Å². The van der Waals surface area contributed by atoms with Crippen molar-refractivity contribution in [1.29, 1.82) is 0 Å². The summed E-state index contributed by atoms with van der Waals surface area (Å²) in [6.07, 6.45) is 5.28. The summed E-state index contributed by atoms with van der Waals surface area (Å²) in [5.74, 6) is 2.30. The topological polar surface area (TPSA) is 78.8 Å². The third-order valence-corrected chi connectivity index (χ3v) is 4.70. The van der Waals surface area contributed by atoms with Crippen LogP contribution >= 0.6 is 0 Å². The zero-order chi connectivity index (χ0) is 19.8. The van der Waals surface area contributed by atoms with Crippen LogP contribution in [0.1, 0.15) is 42.6 Å². The van der Waals surface area contributed by atoms with Gasteiger partial charge in [0.2, 0.25) is 0 Å². The summed E-state index contributed by atoms with van der Waals surface area (Å²) in [5, 5.41) is 16.8. The maximum atomic E-state index is 10.3. The first-order valence-corrected chi connectivity index (χ1v) is 9.98. The molecule has 3 N–H and O–H groups in total. The number of guanidine groups is 1. The Labute approximate surface area is 167 Å². The third kappa shape index (κ3) is 6.23. The van der Waals surface area contributed by atoms with Crippen LogP contribution in [-0.4, -0.2) is 35.7 Å². The molecule has 6 nitrogen and oxygen atoms in total. The number of pyridine rings is 1. The van der Waals surface area contributed by atoms with Crippen molar-refractivity contribution in [3.05, 3.63) is 59.4 Å². The average molecular weight is 383 g/mol. The lowest BCUT2D eigenvalue weighted by molar-refractivity contribution is 0.180.